The highest BCUT2D eigenvalue weighted by Gasteiger charge is 2.27. The van der Waals surface area contributed by atoms with Crippen molar-refractivity contribution in [1.29, 1.82) is 0 Å². The third-order valence-corrected chi connectivity index (χ3v) is 8.10. The lowest BCUT2D eigenvalue weighted by molar-refractivity contribution is 0.0852. The third kappa shape index (κ3) is 5.49. The van der Waals surface area contributed by atoms with Gasteiger partial charge in [0.15, 0.2) is 23.4 Å². The number of thiazole rings is 1. The van der Waals surface area contributed by atoms with Gasteiger partial charge in [-0.1, -0.05) is 55.5 Å². The lowest BCUT2D eigenvalue weighted by Crippen LogP contribution is -2.26. The first-order chi connectivity index (χ1) is 21.0. The molecule has 7 rings (SSSR count). The normalized spacial score (nSPS) is 15.0. The highest BCUT2D eigenvalue weighted by Crippen LogP contribution is 2.35. The summed E-state index contributed by atoms with van der Waals surface area (Å²) in [5.41, 5.74) is 3.15. The van der Waals surface area contributed by atoms with E-state index in [2.05, 4.69) is 23.9 Å². The zero-order valence-electron chi connectivity index (χ0n) is 23.7. The minimum atomic E-state index is -0.498. The molecule has 0 N–H and O–H groups in total. The Morgan fingerprint density at radius 2 is 1.77 bits per heavy atom. The van der Waals surface area contributed by atoms with Gasteiger partial charge in [0.05, 0.1) is 16.8 Å². The average molecular weight is 592 g/mol. The minimum absolute atomic E-state index is 0.247. The smallest absolute Gasteiger partial charge is 0.291 e. The molecule has 0 saturated carbocycles. The molecule has 9 nitrogen and oxygen atoms in total. The Bertz CT molecular complexity index is 2000. The van der Waals surface area contributed by atoms with Crippen LogP contribution in [0.3, 0.4) is 0 Å². The van der Waals surface area contributed by atoms with E-state index in [1.165, 1.54) is 15.9 Å². The first kappa shape index (κ1) is 26.9. The topological polar surface area (TPSA) is 92.8 Å². The van der Waals surface area contributed by atoms with Crippen LogP contribution >= 0.6 is 11.3 Å². The molecule has 4 heterocycles. The summed E-state index contributed by atoms with van der Waals surface area (Å²) in [7, 11) is 0. The number of aromatic nitrogens is 5. The van der Waals surface area contributed by atoms with E-state index in [4.69, 9.17) is 19.3 Å². The monoisotopic (exact) mass is 591 g/mol. The summed E-state index contributed by atoms with van der Waals surface area (Å²) in [4.78, 5) is 18.6. The molecule has 0 saturated heterocycles. The van der Waals surface area contributed by atoms with Crippen LogP contribution in [0.5, 0.6) is 17.2 Å². The second-order valence-electron chi connectivity index (χ2n) is 10.7. The summed E-state index contributed by atoms with van der Waals surface area (Å²) >= 11 is 1.28. The van der Waals surface area contributed by atoms with E-state index >= 15 is 0 Å². The predicted molar refractivity (Wildman–Crippen MR) is 165 cm³/mol. The van der Waals surface area contributed by atoms with Crippen LogP contribution in [-0.2, 0) is 0 Å². The molecule has 1 atom stereocenters. The van der Waals surface area contributed by atoms with Gasteiger partial charge in [-0.25, -0.2) is 4.68 Å². The number of para-hydroxylation sites is 3. The molecule has 0 bridgehead atoms. The first-order valence-electron chi connectivity index (χ1n) is 14.2. The average Bonchev–Trinajstić information content (AvgIpc) is 3.72. The Morgan fingerprint density at radius 1 is 1.00 bits per heavy atom. The Balaban J connectivity index is 1.22. The van der Waals surface area contributed by atoms with Crippen molar-refractivity contribution in [3.05, 3.63) is 111 Å². The van der Waals surface area contributed by atoms with Crippen LogP contribution in [0.25, 0.3) is 28.0 Å². The van der Waals surface area contributed by atoms with Gasteiger partial charge in [0.2, 0.25) is 4.96 Å². The molecular weight excluding hydrogens is 562 g/mol. The Labute approximate surface area is 251 Å². The molecule has 43 heavy (non-hydrogen) atoms. The Hall–Kier alpha value is -4.96. The van der Waals surface area contributed by atoms with Gasteiger partial charge in [-0.05, 0) is 66.9 Å². The molecule has 0 aliphatic carbocycles. The van der Waals surface area contributed by atoms with E-state index in [9.17, 15) is 4.79 Å². The number of fused-ring (bicyclic) bond motifs is 2. The maximum atomic E-state index is 13.5. The predicted octanol–water partition coefficient (Wildman–Crippen LogP) is 5.49. The van der Waals surface area contributed by atoms with Gasteiger partial charge in [0.25, 0.3) is 5.56 Å². The maximum Gasteiger partial charge on any atom is 0.291 e. The Kier molecular flexibility index (Phi) is 7.12. The van der Waals surface area contributed by atoms with Crippen molar-refractivity contribution in [2.75, 3.05) is 13.2 Å². The van der Waals surface area contributed by atoms with Crippen molar-refractivity contribution in [3.63, 3.8) is 0 Å². The second-order valence-corrected chi connectivity index (χ2v) is 11.7. The van der Waals surface area contributed by atoms with Crippen LogP contribution in [0, 0.1) is 5.92 Å². The molecule has 0 amide bonds. The van der Waals surface area contributed by atoms with Gasteiger partial charge in [0, 0.05) is 17.3 Å². The van der Waals surface area contributed by atoms with Crippen molar-refractivity contribution in [2.24, 2.45) is 5.92 Å². The van der Waals surface area contributed by atoms with Crippen LogP contribution in [0.15, 0.2) is 89.9 Å². The fourth-order valence-corrected chi connectivity index (χ4v) is 5.73. The highest BCUT2D eigenvalue weighted by molar-refractivity contribution is 7.15. The van der Waals surface area contributed by atoms with Crippen LogP contribution in [0.4, 0.5) is 0 Å². The summed E-state index contributed by atoms with van der Waals surface area (Å²) < 4.78 is 21.4. The number of ether oxygens (including phenoxy) is 3. The maximum absolute atomic E-state index is 13.5. The number of hydrogen-bond donors (Lipinski definition) is 0. The van der Waals surface area contributed by atoms with Crippen molar-refractivity contribution >= 4 is 22.4 Å². The van der Waals surface area contributed by atoms with E-state index in [-0.39, 0.29) is 12.2 Å². The lowest BCUT2D eigenvalue weighted by atomic mass is 10.1. The molecule has 1 aliphatic rings. The van der Waals surface area contributed by atoms with Gasteiger partial charge < -0.3 is 14.2 Å². The fourth-order valence-electron chi connectivity index (χ4n) is 4.83. The number of benzene rings is 3. The summed E-state index contributed by atoms with van der Waals surface area (Å²) in [5, 5.41) is 9.40. The van der Waals surface area contributed by atoms with E-state index in [1.54, 1.807) is 0 Å². The van der Waals surface area contributed by atoms with Crippen molar-refractivity contribution < 1.29 is 14.2 Å². The largest absolute Gasteiger partial charge is 0.494 e. The van der Waals surface area contributed by atoms with E-state index in [0.717, 1.165) is 34.7 Å². The van der Waals surface area contributed by atoms with E-state index in [1.807, 2.05) is 95.8 Å². The molecule has 216 valence electrons. The standard InChI is InChI=1S/C33H29N5O4S/c1-21(2)16-17-40-25-14-12-22(13-15-25)30-23(19-37(35-30)24-8-4-3-5-9-24)18-29-32(39)38-33(43-29)34-31(36-38)28-20-41-26-10-6-7-11-27(26)42-28/h3-15,18-19,21,28H,16-17,20H2,1-2H3/b29-18-/t28-/m1/s1. The SMILES string of the molecule is CC(C)CCOc1ccc(-c2nn(-c3ccccc3)cc2/C=c2\sc3nc([C@H]4COc5ccccc5O4)nn3c2=O)cc1. The molecule has 0 radical (unpaired) electrons. The summed E-state index contributed by atoms with van der Waals surface area (Å²) in [5.74, 6) is 3.13. The summed E-state index contributed by atoms with van der Waals surface area (Å²) in [6, 6.07) is 25.3. The van der Waals surface area contributed by atoms with Gasteiger partial charge in [-0.15, -0.1) is 5.10 Å². The molecule has 0 unspecified atom stereocenters. The molecule has 6 aromatic rings. The summed E-state index contributed by atoms with van der Waals surface area (Å²) in [6.45, 7) is 5.31. The van der Waals surface area contributed by atoms with Gasteiger partial charge >= 0.3 is 0 Å². The van der Waals surface area contributed by atoms with Crippen molar-refractivity contribution in [2.45, 2.75) is 26.4 Å². The number of nitrogens with zero attached hydrogens (tertiary/aromatic N) is 5. The molecule has 10 heteroatoms. The molecule has 1 aliphatic heterocycles. The molecule has 0 spiro atoms. The second kappa shape index (κ2) is 11.4. The fraction of sp³-hybridized carbons (Fsp3) is 0.212. The summed E-state index contributed by atoms with van der Waals surface area (Å²) in [6.07, 6.45) is 4.29. The molecule has 3 aromatic heterocycles. The molecular formula is C33H29N5O4S. The Morgan fingerprint density at radius 3 is 2.53 bits per heavy atom. The van der Waals surface area contributed by atoms with Crippen LogP contribution in [-0.4, -0.2) is 37.6 Å². The van der Waals surface area contributed by atoms with Crippen LogP contribution in [0.2, 0.25) is 0 Å². The van der Waals surface area contributed by atoms with Gasteiger partial charge in [-0.3, -0.25) is 4.79 Å². The zero-order valence-corrected chi connectivity index (χ0v) is 24.5. The van der Waals surface area contributed by atoms with Crippen molar-refractivity contribution in [1.82, 2.24) is 24.4 Å². The molecule has 0 fully saturated rings. The van der Waals surface area contributed by atoms with Crippen molar-refractivity contribution in [3.8, 4) is 34.2 Å². The van der Waals surface area contributed by atoms with Crippen LogP contribution in [0.1, 0.15) is 37.8 Å². The lowest BCUT2D eigenvalue weighted by Gasteiger charge is -2.24. The molecule has 3 aromatic carbocycles. The third-order valence-electron chi connectivity index (χ3n) is 7.14. The zero-order chi connectivity index (χ0) is 29.3. The van der Waals surface area contributed by atoms with Gasteiger partial charge in [0.1, 0.15) is 18.1 Å². The number of hydrogen-bond acceptors (Lipinski definition) is 8. The van der Waals surface area contributed by atoms with Crippen LogP contribution < -0.4 is 24.3 Å². The minimum Gasteiger partial charge on any atom is -0.494 e. The first-order valence-corrected chi connectivity index (χ1v) is 15.0. The number of rotatable bonds is 8. The van der Waals surface area contributed by atoms with Gasteiger partial charge in [-0.2, -0.15) is 14.6 Å². The van der Waals surface area contributed by atoms with E-state index in [0.29, 0.717) is 39.3 Å². The highest BCUT2D eigenvalue weighted by atomic mass is 32.1. The quantitative estimate of drug-likeness (QED) is 0.231. The van der Waals surface area contributed by atoms with E-state index < -0.39 is 6.10 Å².